The summed E-state index contributed by atoms with van der Waals surface area (Å²) in [4.78, 5) is 15.0. The van der Waals surface area contributed by atoms with Crippen LogP contribution in [-0.2, 0) is 0 Å². The minimum atomic E-state index is -0.182. The molecular formula is C11H8N4OS. The van der Waals surface area contributed by atoms with Gasteiger partial charge >= 0.3 is 0 Å². The Balaban J connectivity index is 1.90. The SMILES string of the molecule is O=C(Nc1nncs1)c1ccc2cc[nH]c2c1. The number of amides is 1. The second-order valence-corrected chi connectivity index (χ2v) is 4.31. The van der Waals surface area contributed by atoms with Gasteiger partial charge in [-0.25, -0.2) is 0 Å². The Morgan fingerprint density at radius 3 is 3.12 bits per heavy atom. The Labute approximate surface area is 101 Å². The monoisotopic (exact) mass is 244 g/mol. The summed E-state index contributed by atoms with van der Waals surface area (Å²) >= 11 is 1.29. The average molecular weight is 244 g/mol. The molecule has 0 unspecified atom stereocenters. The molecule has 1 aromatic carbocycles. The molecule has 0 radical (unpaired) electrons. The molecule has 0 spiro atoms. The van der Waals surface area contributed by atoms with Gasteiger partial charge in [-0.05, 0) is 23.6 Å². The summed E-state index contributed by atoms with van der Waals surface area (Å²) in [6, 6.07) is 7.46. The molecule has 0 aliphatic carbocycles. The normalized spacial score (nSPS) is 10.6. The molecule has 0 saturated carbocycles. The molecule has 0 bridgehead atoms. The molecule has 6 heteroatoms. The number of carbonyl (C=O) groups is 1. The van der Waals surface area contributed by atoms with E-state index in [1.165, 1.54) is 11.3 Å². The number of aromatic amines is 1. The van der Waals surface area contributed by atoms with Crippen LogP contribution in [0.25, 0.3) is 10.9 Å². The first kappa shape index (κ1) is 9.98. The number of nitrogens with one attached hydrogen (secondary N) is 2. The van der Waals surface area contributed by atoms with Crippen molar-refractivity contribution in [3.63, 3.8) is 0 Å². The molecule has 0 fully saturated rings. The molecule has 1 amide bonds. The van der Waals surface area contributed by atoms with E-state index >= 15 is 0 Å². The second-order valence-electron chi connectivity index (χ2n) is 3.48. The molecular weight excluding hydrogens is 236 g/mol. The average Bonchev–Trinajstić information content (AvgIpc) is 2.97. The van der Waals surface area contributed by atoms with Crippen LogP contribution in [0.4, 0.5) is 5.13 Å². The number of nitrogens with zero attached hydrogens (tertiary/aromatic N) is 2. The van der Waals surface area contributed by atoms with Gasteiger partial charge in [-0.3, -0.25) is 10.1 Å². The quantitative estimate of drug-likeness (QED) is 0.726. The maximum Gasteiger partial charge on any atom is 0.257 e. The first-order chi connectivity index (χ1) is 8.33. The summed E-state index contributed by atoms with van der Waals surface area (Å²) < 4.78 is 0. The van der Waals surface area contributed by atoms with Crippen molar-refractivity contribution in [2.75, 3.05) is 5.32 Å². The number of benzene rings is 1. The summed E-state index contributed by atoms with van der Waals surface area (Å²) in [6.45, 7) is 0. The predicted molar refractivity (Wildman–Crippen MR) is 66.2 cm³/mol. The molecule has 17 heavy (non-hydrogen) atoms. The molecule has 2 aromatic heterocycles. The second kappa shape index (κ2) is 3.99. The van der Waals surface area contributed by atoms with E-state index in [0.717, 1.165) is 10.9 Å². The lowest BCUT2D eigenvalue weighted by Crippen LogP contribution is -2.11. The Morgan fingerprint density at radius 1 is 1.35 bits per heavy atom. The molecule has 0 saturated heterocycles. The number of aromatic nitrogens is 3. The van der Waals surface area contributed by atoms with Crippen LogP contribution in [0.5, 0.6) is 0 Å². The van der Waals surface area contributed by atoms with Crippen molar-refractivity contribution in [2.24, 2.45) is 0 Å². The van der Waals surface area contributed by atoms with Gasteiger partial charge in [-0.15, -0.1) is 10.2 Å². The molecule has 0 aliphatic heterocycles. The van der Waals surface area contributed by atoms with Gasteiger partial charge in [0.1, 0.15) is 5.51 Å². The minimum absolute atomic E-state index is 0.182. The van der Waals surface area contributed by atoms with Crippen LogP contribution in [0, 0.1) is 0 Å². The maximum absolute atomic E-state index is 11.9. The van der Waals surface area contributed by atoms with Gasteiger partial charge in [-0.1, -0.05) is 17.4 Å². The zero-order chi connectivity index (χ0) is 11.7. The third-order valence-electron chi connectivity index (χ3n) is 2.40. The largest absolute Gasteiger partial charge is 0.361 e. The summed E-state index contributed by atoms with van der Waals surface area (Å²) in [6.07, 6.45) is 1.84. The fraction of sp³-hybridized carbons (Fsp3) is 0. The van der Waals surface area contributed by atoms with Crippen molar-refractivity contribution in [3.8, 4) is 0 Å². The minimum Gasteiger partial charge on any atom is -0.361 e. The third kappa shape index (κ3) is 1.90. The van der Waals surface area contributed by atoms with E-state index in [2.05, 4.69) is 20.5 Å². The Bertz CT molecular complexity index is 659. The van der Waals surface area contributed by atoms with Gasteiger partial charge in [0.2, 0.25) is 5.13 Å². The number of fused-ring (bicyclic) bond motifs is 1. The summed E-state index contributed by atoms with van der Waals surface area (Å²) in [5.41, 5.74) is 3.11. The first-order valence-electron chi connectivity index (χ1n) is 4.97. The van der Waals surface area contributed by atoms with E-state index in [1.807, 2.05) is 24.4 Å². The van der Waals surface area contributed by atoms with Crippen molar-refractivity contribution in [1.82, 2.24) is 15.2 Å². The maximum atomic E-state index is 11.9. The van der Waals surface area contributed by atoms with Gasteiger partial charge in [0.05, 0.1) is 0 Å². The van der Waals surface area contributed by atoms with E-state index in [0.29, 0.717) is 10.7 Å². The summed E-state index contributed by atoms with van der Waals surface area (Å²) in [7, 11) is 0. The molecule has 5 nitrogen and oxygen atoms in total. The Hall–Kier alpha value is -2.21. The standard InChI is InChI=1S/C11H8N4OS/c16-10(14-11-15-13-6-17-11)8-2-1-7-3-4-12-9(7)5-8/h1-6,12H,(H,14,15,16). The topological polar surface area (TPSA) is 70.7 Å². The Kier molecular flexibility index (Phi) is 2.34. The van der Waals surface area contributed by atoms with Crippen LogP contribution in [0.15, 0.2) is 36.0 Å². The van der Waals surface area contributed by atoms with Crippen molar-refractivity contribution in [2.45, 2.75) is 0 Å². The van der Waals surface area contributed by atoms with Crippen LogP contribution in [0.1, 0.15) is 10.4 Å². The number of hydrogen-bond acceptors (Lipinski definition) is 4. The van der Waals surface area contributed by atoms with Gasteiger partial charge in [0.15, 0.2) is 0 Å². The lowest BCUT2D eigenvalue weighted by Gasteiger charge is -2.01. The van der Waals surface area contributed by atoms with Crippen molar-refractivity contribution in [3.05, 3.63) is 41.5 Å². The molecule has 3 aromatic rings. The van der Waals surface area contributed by atoms with Crippen LogP contribution in [0.2, 0.25) is 0 Å². The van der Waals surface area contributed by atoms with Gasteiger partial charge in [0.25, 0.3) is 5.91 Å². The highest BCUT2D eigenvalue weighted by Crippen LogP contribution is 2.16. The lowest BCUT2D eigenvalue weighted by atomic mass is 10.1. The fourth-order valence-electron chi connectivity index (χ4n) is 1.59. The highest BCUT2D eigenvalue weighted by Gasteiger charge is 2.08. The van der Waals surface area contributed by atoms with E-state index in [9.17, 15) is 4.79 Å². The van der Waals surface area contributed by atoms with E-state index in [1.54, 1.807) is 11.6 Å². The zero-order valence-electron chi connectivity index (χ0n) is 8.68. The molecule has 84 valence electrons. The molecule has 0 atom stereocenters. The van der Waals surface area contributed by atoms with Crippen molar-refractivity contribution < 1.29 is 4.79 Å². The van der Waals surface area contributed by atoms with E-state index in [4.69, 9.17) is 0 Å². The number of anilines is 1. The van der Waals surface area contributed by atoms with Crippen LogP contribution in [-0.4, -0.2) is 21.1 Å². The number of carbonyl (C=O) groups excluding carboxylic acids is 1. The molecule has 2 N–H and O–H groups in total. The number of H-pyrrole nitrogens is 1. The van der Waals surface area contributed by atoms with Crippen LogP contribution < -0.4 is 5.32 Å². The molecule has 3 rings (SSSR count). The smallest absolute Gasteiger partial charge is 0.257 e. The molecule has 0 aliphatic rings. The predicted octanol–water partition coefficient (Wildman–Crippen LogP) is 2.27. The highest BCUT2D eigenvalue weighted by atomic mass is 32.1. The lowest BCUT2D eigenvalue weighted by molar-refractivity contribution is 0.102. The van der Waals surface area contributed by atoms with Crippen LogP contribution >= 0.6 is 11.3 Å². The summed E-state index contributed by atoms with van der Waals surface area (Å²) in [5, 5.41) is 11.7. The van der Waals surface area contributed by atoms with Gasteiger partial charge in [0, 0.05) is 17.3 Å². The third-order valence-corrected chi connectivity index (χ3v) is 3.00. The van der Waals surface area contributed by atoms with Crippen LogP contribution in [0.3, 0.4) is 0 Å². The molecule has 2 heterocycles. The Morgan fingerprint density at radius 2 is 2.29 bits per heavy atom. The zero-order valence-corrected chi connectivity index (χ0v) is 9.49. The number of rotatable bonds is 2. The van der Waals surface area contributed by atoms with Crippen molar-refractivity contribution >= 4 is 33.3 Å². The fourth-order valence-corrected chi connectivity index (χ4v) is 2.03. The first-order valence-corrected chi connectivity index (χ1v) is 5.85. The highest BCUT2D eigenvalue weighted by molar-refractivity contribution is 7.13. The van der Waals surface area contributed by atoms with Gasteiger partial charge in [-0.2, -0.15) is 0 Å². The van der Waals surface area contributed by atoms with Crippen molar-refractivity contribution in [1.29, 1.82) is 0 Å². The van der Waals surface area contributed by atoms with Gasteiger partial charge < -0.3 is 4.98 Å². The van der Waals surface area contributed by atoms with E-state index < -0.39 is 0 Å². The van der Waals surface area contributed by atoms with E-state index in [-0.39, 0.29) is 5.91 Å². The number of hydrogen-bond donors (Lipinski definition) is 2. The summed E-state index contributed by atoms with van der Waals surface area (Å²) in [5.74, 6) is -0.182.